The van der Waals surface area contributed by atoms with Crippen molar-refractivity contribution in [2.45, 2.75) is 6.92 Å². The normalized spacial score (nSPS) is 10.2. The van der Waals surface area contributed by atoms with Gasteiger partial charge >= 0.3 is 5.97 Å². The van der Waals surface area contributed by atoms with Gasteiger partial charge in [0.05, 0.1) is 7.11 Å². The highest BCUT2D eigenvalue weighted by molar-refractivity contribution is 7.15. The Morgan fingerprint density at radius 3 is 2.59 bits per heavy atom. The molecular formula is C12H12N2O2S. The van der Waals surface area contributed by atoms with Crippen LogP contribution in [0.1, 0.15) is 15.4 Å². The van der Waals surface area contributed by atoms with E-state index >= 15 is 0 Å². The van der Waals surface area contributed by atoms with Crippen molar-refractivity contribution in [1.82, 2.24) is 4.98 Å². The molecule has 4 nitrogen and oxygen atoms in total. The molecule has 0 spiro atoms. The molecule has 0 bridgehead atoms. The molecule has 2 rings (SSSR count). The van der Waals surface area contributed by atoms with Gasteiger partial charge in [-0.3, -0.25) is 0 Å². The van der Waals surface area contributed by atoms with Crippen LogP contribution in [-0.2, 0) is 4.74 Å². The van der Waals surface area contributed by atoms with Crippen molar-refractivity contribution >= 4 is 23.0 Å². The summed E-state index contributed by atoms with van der Waals surface area (Å²) in [5.74, 6) is -0.402. The smallest absolute Gasteiger partial charge is 0.357 e. The van der Waals surface area contributed by atoms with Crippen LogP contribution in [-0.4, -0.2) is 18.1 Å². The highest BCUT2D eigenvalue weighted by atomic mass is 32.1. The van der Waals surface area contributed by atoms with Crippen molar-refractivity contribution in [2.75, 3.05) is 12.8 Å². The molecule has 0 saturated heterocycles. The molecule has 0 aliphatic heterocycles. The third-order valence-electron chi connectivity index (χ3n) is 2.33. The third-order valence-corrected chi connectivity index (χ3v) is 3.35. The first-order chi connectivity index (χ1) is 8.11. The van der Waals surface area contributed by atoms with E-state index in [9.17, 15) is 4.79 Å². The summed E-state index contributed by atoms with van der Waals surface area (Å²) in [6.45, 7) is 1.85. The maximum absolute atomic E-state index is 11.4. The minimum absolute atomic E-state index is 0.379. The molecule has 0 saturated carbocycles. The number of hydrogen-bond donors (Lipinski definition) is 1. The van der Waals surface area contributed by atoms with Crippen LogP contribution in [0.15, 0.2) is 24.3 Å². The first-order valence-corrected chi connectivity index (χ1v) is 5.85. The van der Waals surface area contributed by atoms with Crippen molar-refractivity contribution in [1.29, 1.82) is 0 Å². The second-order valence-corrected chi connectivity index (χ2v) is 4.74. The van der Waals surface area contributed by atoms with E-state index in [2.05, 4.69) is 9.72 Å². The van der Waals surface area contributed by atoms with E-state index in [-0.39, 0.29) is 0 Å². The Kier molecular flexibility index (Phi) is 3.10. The number of benzene rings is 1. The number of thiazole rings is 1. The van der Waals surface area contributed by atoms with E-state index < -0.39 is 5.97 Å². The average Bonchev–Trinajstić information content (AvgIpc) is 2.71. The molecule has 0 amide bonds. The zero-order valence-electron chi connectivity index (χ0n) is 9.56. The van der Waals surface area contributed by atoms with Gasteiger partial charge in [0.25, 0.3) is 0 Å². The van der Waals surface area contributed by atoms with Gasteiger partial charge in [-0.1, -0.05) is 0 Å². The predicted molar refractivity (Wildman–Crippen MR) is 68.0 cm³/mol. The Labute approximate surface area is 103 Å². The van der Waals surface area contributed by atoms with Crippen molar-refractivity contribution < 1.29 is 9.53 Å². The van der Waals surface area contributed by atoms with E-state index in [4.69, 9.17) is 5.73 Å². The number of hydrogen-bond acceptors (Lipinski definition) is 5. The number of carbonyl (C=O) groups excluding carboxylic acids is 1. The van der Waals surface area contributed by atoms with Gasteiger partial charge in [-0.05, 0) is 31.2 Å². The number of nitrogen functional groups attached to an aromatic ring is 1. The van der Waals surface area contributed by atoms with Crippen LogP contribution in [0.5, 0.6) is 0 Å². The number of nitrogens with zero attached hydrogens (tertiary/aromatic N) is 1. The molecule has 0 unspecified atom stereocenters. The minimum atomic E-state index is -0.402. The Bertz CT molecular complexity index is 546. The zero-order valence-corrected chi connectivity index (χ0v) is 10.4. The SMILES string of the molecule is COC(=O)c1nc(-c2ccc(N)cc2)sc1C. The Morgan fingerprint density at radius 1 is 1.35 bits per heavy atom. The lowest BCUT2D eigenvalue weighted by Gasteiger charge is -1.96. The number of nitrogens with two attached hydrogens (primary N) is 1. The number of methoxy groups -OCH3 is 1. The summed E-state index contributed by atoms with van der Waals surface area (Å²) in [5.41, 5.74) is 7.65. The van der Waals surface area contributed by atoms with Gasteiger partial charge < -0.3 is 10.5 Å². The lowest BCUT2D eigenvalue weighted by molar-refractivity contribution is 0.0594. The molecule has 0 aliphatic carbocycles. The number of rotatable bonds is 2. The Morgan fingerprint density at radius 2 is 2.00 bits per heavy atom. The van der Waals surface area contributed by atoms with Gasteiger partial charge in [0.15, 0.2) is 5.69 Å². The number of ether oxygens (including phenoxy) is 1. The average molecular weight is 248 g/mol. The predicted octanol–water partition coefficient (Wildman–Crippen LogP) is 2.49. The van der Waals surface area contributed by atoms with Crippen molar-refractivity contribution in [2.24, 2.45) is 0 Å². The second-order valence-electron chi connectivity index (χ2n) is 3.54. The summed E-state index contributed by atoms with van der Waals surface area (Å²) in [4.78, 5) is 16.6. The Balaban J connectivity index is 2.41. The van der Waals surface area contributed by atoms with E-state index in [1.54, 1.807) is 0 Å². The molecule has 5 heteroatoms. The fourth-order valence-electron chi connectivity index (χ4n) is 1.43. The Hall–Kier alpha value is -1.88. The molecule has 2 N–H and O–H groups in total. The monoisotopic (exact) mass is 248 g/mol. The van der Waals surface area contributed by atoms with E-state index in [0.717, 1.165) is 15.4 Å². The van der Waals surface area contributed by atoms with Crippen LogP contribution in [0.3, 0.4) is 0 Å². The summed E-state index contributed by atoms with van der Waals surface area (Å²) in [7, 11) is 1.35. The number of aryl methyl sites for hydroxylation is 1. The van der Waals surface area contributed by atoms with Crippen LogP contribution in [0, 0.1) is 6.92 Å². The van der Waals surface area contributed by atoms with Crippen molar-refractivity contribution in [3.63, 3.8) is 0 Å². The topological polar surface area (TPSA) is 65.2 Å². The molecule has 0 fully saturated rings. The quantitative estimate of drug-likeness (QED) is 0.655. The van der Waals surface area contributed by atoms with Gasteiger partial charge in [-0.2, -0.15) is 0 Å². The highest BCUT2D eigenvalue weighted by Crippen LogP contribution is 2.28. The van der Waals surface area contributed by atoms with Gasteiger partial charge in [0.2, 0.25) is 0 Å². The van der Waals surface area contributed by atoms with Crippen molar-refractivity contribution in [3.05, 3.63) is 34.8 Å². The maximum atomic E-state index is 11.4. The van der Waals surface area contributed by atoms with Crippen LogP contribution in [0.2, 0.25) is 0 Å². The van der Waals surface area contributed by atoms with Gasteiger partial charge in [0, 0.05) is 16.1 Å². The van der Waals surface area contributed by atoms with Crippen molar-refractivity contribution in [3.8, 4) is 10.6 Å². The molecule has 1 aromatic carbocycles. The van der Waals surface area contributed by atoms with Crippen LogP contribution < -0.4 is 5.73 Å². The molecule has 0 radical (unpaired) electrons. The second kappa shape index (κ2) is 4.55. The molecule has 88 valence electrons. The summed E-state index contributed by atoms with van der Waals surface area (Å²) in [6.07, 6.45) is 0. The third kappa shape index (κ3) is 2.29. The lowest BCUT2D eigenvalue weighted by Crippen LogP contribution is -2.03. The first kappa shape index (κ1) is 11.6. The molecule has 17 heavy (non-hydrogen) atoms. The molecular weight excluding hydrogens is 236 g/mol. The van der Waals surface area contributed by atoms with Crippen LogP contribution >= 0.6 is 11.3 Å². The first-order valence-electron chi connectivity index (χ1n) is 5.03. The number of aromatic nitrogens is 1. The zero-order chi connectivity index (χ0) is 12.4. The molecule has 1 aromatic heterocycles. The molecule has 0 aliphatic rings. The van der Waals surface area contributed by atoms with Gasteiger partial charge in [-0.15, -0.1) is 11.3 Å². The molecule has 2 aromatic rings. The number of carbonyl (C=O) groups is 1. The van der Waals surface area contributed by atoms with Gasteiger partial charge in [0.1, 0.15) is 5.01 Å². The summed E-state index contributed by atoms with van der Waals surface area (Å²) in [5, 5.41) is 0.794. The standard InChI is InChI=1S/C12H12N2O2S/c1-7-10(12(15)16-2)14-11(17-7)8-3-5-9(13)6-4-8/h3-6H,13H2,1-2H3. The summed E-state index contributed by atoms with van der Waals surface area (Å²) >= 11 is 1.46. The minimum Gasteiger partial charge on any atom is -0.464 e. The van der Waals surface area contributed by atoms with Crippen LogP contribution in [0.4, 0.5) is 5.69 Å². The number of esters is 1. The van der Waals surface area contributed by atoms with E-state index in [0.29, 0.717) is 11.4 Å². The van der Waals surface area contributed by atoms with Gasteiger partial charge in [-0.25, -0.2) is 9.78 Å². The fourth-order valence-corrected chi connectivity index (χ4v) is 2.34. The molecule has 0 atom stereocenters. The summed E-state index contributed by atoms with van der Waals surface area (Å²) in [6, 6.07) is 7.39. The largest absolute Gasteiger partial charge is 0.464 e. The highest BCUT2D eigenvalue weighted by Gasteiger charge is 2.16. The van der Waals surface area contributed by atoms with Crippen LogP contribution in [0.25, 0.3) is 10.6 Å². The maximum Gasteiger partial charge on any atom is 0.357 e. The van der Waals surface area contributed by atoms with E-state index in [1.807, 2.05) is 31.2 Å². The summed E-state index contributed by atoms with van der Waals surface area (Å²) < 4.78 is 4.67. The number of anilines is 1. The fraction of sp³-hybridized carbons (Fsp3) is 0.167. The molecule has 1 heterocycles. The van der Waals surface area contributed by atoms with E-state index in [1.165, 1.54) is 18.4 Å². The lowest BCUT2D eigenvalue weighted by atomic mass is 10.2.